The van der Waals surface area contributed by atoms with Crippen LogP contribution >= 0.6 is 31.9 Å². The minimum atomic E-state index is -0.629. The second-order valence-corrected chi connectivity index (χ2v) is 4.89. The van der Waals surface area contributed by atoms with Gasteiger partial charge in [0.05, 0.1) is 4.47 Å². The Labute approximate surface area is 113 Å². The maximum absolute atomic E-state index is 13.4. The highest BCUT2D eigenvalue weighted by atomic mass is 79.9. The van der Waals surface area contributed by atoms with E-state index in [0.717, 1.165) is 6.07 Å². The Bertz CT molecular complexity index is 563. The smallest absolute Gasteiger partial charge is 0.255 e. The van der Waals surface area contributed by atoms with E-state index in [1.807, 2.05) is 0 Å². The van der Waals surface area contributed by atoms with Gasteiger partial charge in [0, 0.05) is 16.7 Å². The van der Waals surface area contributed by atoms with Crippen LogP contribution in [0.25, 0.3) is 0 Å². The molecule has 0 saturated heterocycles. The van der Waals surface area contributed by atoms with Gasteiger partial charge in [0.25, 0.3) is 5.88 Å². The van der Waals surface area contributed by atoms with Crippen molar-refractivity contribution in [1.82, 2.24) is 4.98 Å². The SMILES string of the molecule is Fc1ccc(Br)c(Oc2ncc(Br)cc2F)c1. The quantitative estimate of drug-likeness (QED) is 0.772. The van der Waals surface area contributed by atoms with E-state index in [2.05, 4.69) is 36.8 Å². The second kappa shape index (κ2) is 5.10. The van der Waals surface area contributed by atoms with Gasteiger partial charge in [-0.1, -0.05) is 0 Å². The first-order chi connectivity index (χ1) is 8.06. The van der Waals surface area contributed by atoms with Gasteiger partial charge in [0.2, 0.25) is 0 Å². The predicted octanol–water partition coefficient (Wildman–Crippen LogP) is 4.68. The van der Waals surface area contributed by atoms with Crippen molar-refractivity contribution in [3.05, 3.63) is 51.0 Å². The van der Waals surface area contributed by atoms with Crippen LogP contribution in [0.1, 0.15) is 0 Å². The number of rotatable bonds is 2. The molecule has 2 rings (SSSR count). The number of aromatic nitrogens is 1. The summed E-state index contributed by atoms with van der Waals surface area (Å²) in [5.41, 5.74) is 0. The van der Waals surface area contributed by atoms with Crippen LogP contribution in [-0.2, 0) is 0 Å². The first kappa shape index (κ1) is 12.4. The van der Waals surface area contributed by atoms with Crippen molar-refractivity contribution in [3.63, 3.8) is 0 Å². The first-order valence-corrected chi connectivity index (χ1v) is 6.09. The molecule has 0 atom stereocenters. The number of nitrogens with zero attached hydrogens (tertiary/aromatic N) is 1. The van der Waals surface area contributed by atoms with E-state index in [1.54, 1.807) is 0 Å². The Hall–Kier alpha value is -1.01. The summed E-state index contributed by atoms with van der Waals surface area (Å²) in [4.78, 5) is 3.76. The summed E-state index contributed by atoms with van der Waals surface area (Å²) < 4.78 is 32.6. The zero-order valence-electron chi connectivity index (χ0n) is 8.25. The lowest BCUT2D eigenvalue weighted by Gasteiger charge is -2.07. The largest absolute Gasteiger partial charge is 0.435 e. The maximum Gasteiger partial charge on any atom is 0.255 e. The van der Waals surface area contributed by atoms with Gasteiger partial charge in [0.15, 0.2) is 5.82 Å². The Morgan fingerprint density at radius 2 is 1.88 bits per heavy atom. The average Bonchev–Trinajstić information content (AvgIpc) is 2.27. The minimum Gasteiger partial charge on any atom is -0.435 e. The molecule has 0 N–H and O–H groups in total. The molecule has 0 bridgehead atoms. The molecule has 0 amide bonds. The normalized spacial score (nSPS) is 10.4. The molecule has 0 spiro atoms. The van der Waals surface area contributed by atoms with Crippen LogP contribution in [0, 0.1) is 11.6 Å². The second-order valence-electron chi connectivity index (χ2n) is 3.12. The standard InChI is InChI=1S/C11H5Br2F2NO/c12-6-3-9(15)11(16-5-6)17-10-4-7(14)1-2-8(10)13/h1-5H. The fourth-order valence-corrected chi connectivity index (χ4v) is 1.77. The van der Waals surface area contributed by atoms with Crippen molar-refractivity contribution in [3.8, 4) is 11.6 Å². The summed E-state index contributed by atoms with van der Waals surface area (Å²) in [7, 11) is 0. The van der Waals surface area contributed by atoms with Gasteiger partial charge in [0.1, 0.15) is 11.6 Å². The van der Waals surface area contributed by atoms with Crippen LogP contribution in [0.5, 0.6) is 11.6 Å². The van der Waals surface area contributed by atoms with Crippen LogP contribution in [0.2, 0.25) is 0 Å². The van der Waals surface area contributed by atoms with E-state index < -0.39 is 11.6 Å². The molecule has 0 saturated carbocycles. The van der Waals surface area contributed by atoms with Crippen molar-refractivity contribution in [2.24, 2.45) is 0 Å². The van der Waals surface area contributed by atoms with Crippen LogP contribution in [0.4, 0.5) is 8.78 Å². The highest BCUT2D eigenvalue weighted by molar-refractivity contribution is 9.10. The number of benzene rings is 1. The van der Waals surface area contributed by atoms with E-state index >= 15 is 0 Å². The van der Waals surface area contributed by atoms with Crippen LogP contribution in [0.3, 0.4) is 0 Å². The third kappa shape index (κ3) is 3.01. The van der Waals surface area contributed by atoms with E-state index in [0.29, 0.717) is 8.95 Å². The van der Waals surface area contributed by atoms with Crippen molar-refractivity contribution in [2.75, 3.05) is 0 Å². The third-order valence-electron chi connectivity index (χ3n) is 1.87. The molecule has 2 nitrogen and oxygen atoms in total. The first-order valence-electron chi connectivity index (χ1n) is 4.50. The van der Waals surface area contributed by atoms with Gasteiger partial charge in [-0.25, -0.2) is 13.8 Å². The molecule has 0 unspecified atom stereocenters. The summed E-state index contributed by atoms with van der Waals surface area (Å²) in [6.07, 6.45) is 1.39. The zero-order chi connectivity index (χ0) is 12.4. The zero-order valence-corrected chi connectivity index (χ0v) is 11.4. The number of pyridine rings is 1. The van der Waals surface area contributed by atoms with E-state index in [-0.39, 0.29) is 11.6 Å². The van der Waals surface area contributed by atoms with Crippen LogP contribution in [-0.4, -0.2) is 4.98 Å². The van der Waals surface area contributed by atoms with Crippen LogP contribution in [0.15, 0.2) is 39.4 Å². The molecule has 0 radical (unpaired) electrons. The van der Waals surface area contributed by atoms with Gasteiger partial charge in [-0.2, -0.15) is 0 Å². The number of halogens is 4. The van der Waals surface area contributed by atoms with E-state index in [9.17, 15) is 8.78 Å². The lowest BCUT2D eigenvalue weighted by atomic mass is 10.3. The van der Waals surface area contributed by atoms with Crippen molar-refractivity contribution >= 4 is 31.9 Å². The molecule has 6 heteroatoms. The van der Waals surface area contributed by atoms with Gasteiger partial charge in [-0.05, 0) is 50.1 Å². The average molecular weight is 365 g/mol. The molecule has 1 heterocycles. The van der Waals surface area contributed by atoms with Gasteiger partial charge >= 0.3 is 0 Å². The number of hydrogen-bond acceptors (Lipinski definition) is 2. The van der Waals surface area contributed by atoms with Gasteiger partial charge in [-0.3, -0.25) is 0 Å². The topological polar surface area (TPSA) is 22.1 Å². The van der Waals surface area contributed by atoms with E-state index in [4.69, 9.17) is 4.74 Å². The lowest BCUT2D eigenvalue weighted by molar-refractivity contribution is 0.417. The molecular weight excluding hydrogens is 360 g/mol. The molecule has 17 heavy (non-hydrogen) atoms. The molecule has 2 aromatic rings. The summed E-state index contributed by atoms with van der Waals surface area (Å²) >= 11 is 6.26. The Morgan fingerprint density at radius 3 is 2.59 bits per heavy atom. The van der Waals surface area contributed by atoms with Gasteiger partial charge < -0.3 is 4.74 Å². The molecule has 0 aliphatic carbocycles. The Morgan fingerprint density at radius 1 is 1.12 bits per heavy atom. The molecule has 1 aromatic heterocycles. The lowest BCUT2D eigenvalue weighted by Crippen LogP contribution is -1.93. The summed E-state index contributed by atoms with van der Waals surface area (Å²) in [5.74, 6) is -1.14. The van der Waals surface area contributed by atoms with Crippen molar-refractivity contribution in [1.29, 1.82) is 0 Å². The molecular formula is C11H5Br2F2NO. The summed E-state index contributed by atoms with van der Waals surface area (Å²) in [6.45, 7) is 0. The Kier molecular flexibility index (Phi) is 3.73. The van der Waals surface area contributed by atoms with E-state index in [1.165, 1.54) is 24.4 Å². The summed E-state index contributed by atoms with van der Waals surface area (Å²) in [5, 5.41) is 0. The molecule has 0 aliphatic heterocycles. The highest BCUT2D eigenvalue weighted by Gasteiger charge is 2.10. The summed E-state index contributed by atoms with van der Waals surface area (Å²) in [6, 6.07) is 5.10. The fraction of sp³-hybridized carbons (Fsp3) is 0. The molecule has 0 fully saturated rings. The molecule has 1 aromatic carbocycles. The fourth-order valence-electron chi connectivity index (χ4n) is 1.14. The van der Waals surface area contributed by atoms with Crippen molar-refractivity contribution in [2.45, 2.75) is 0 Å². The molecule has 0 aliphatic rings. The van der Waals surface area contributed by atoms with Crippen molar-refractivity contribution < 1.29 is 13.5 Å². The minimum absolute atomic E-state index is 0.165. The Balaban J connectivity index is 2.34. The number of ether oxygens (including phenoxy) is 1. The monoisotopic (exact) mass is 363 g/mol. The molecule has 88 valence electrons. The number of hydrogen-bond donors (Lipinski definition) is 0. The van der Waals surface area contributed by atoms with Gasteiger partial charge in [-0.15, -0.1) is 0 Å². The van der Waals surface area contributed by atoms with Crippen LogP contribution < -0.4 is 4.74 Å². The predicted molar refractivity (Wildman–Crippen MR) is 66.1 cm³/mol. The highest BCUT2D eigenvalue weighted by Crippen LogP contribution is 2.31. The maximum atomic E-state index is 13.4. The third-order valence-corrected chi connectivity index (χ3v) is 2.96.